The molecule has 1 fully saturated rings. The highest BCUT2D eigenvalue weighted by Crippen LogP contribution is 2.27. The summed E-state index contributed by atoms with van der Waals surface area (Å²) in [5, 5.41) is 17.7. The third kappa shape index (κ3) is 6.36. The van der Waals surface area contributed by atoms with Crippen molar-refractivity contribution in [2.75, 3.05) is 32.7 Å². The number of nitrogens with one attached hydrogen (secondary N) is 2. The maximum absolute atomic E-state index is 10.9. The van der Waals surface area contributed by atoms with Crippen LogP contribution in [0.1, 0.15) is 61.1 Å². The summed E-state index contributed by atoms with van der Waals surface area (Å²) < 4.78 is 11.3. The van der Waals surface area contributed by atoms with Gasteiger partial charge in [-0.25, -0.2) is 9.98 Å². The van der Waals surface area contributed by atoms with Gasteiger partial charge in [0.1, 0.15) is 22.9 Å². The number of rotatable bonds is 8. The standard InChI is InChI=1S/C24H39N5O3/c1-7-25-23(27-15-24(6,30)21-12-16(2)31-19(21)5)26-13-20-8-10-29(11-9-20)14-22-28-17(3)18(4)32-22/h12,20,30H,7-11,13-15H2,1-6H3,(H2,25,26,27). The normalized spacial score (nSPS) is 18.0. The van der Waals surface area contributed by atoms with E-state index in [0.29, 0.717) is 5.92 Å². The predicted molar refractivity (Wildman–Crippen MR) is 126 cm³/mol. The molecule has 3 rings (SSSR count). The number of hydrogen-bond donors (Lipinski definition) is 3. The summed E-state index contributed by atoms with van der Waals surface area (Å²) >= 11 is 0. The molecule has 0 bridgehead atoms. The number of piperidine rings is 1. The van der Waals surface area contributed by atoms with Gasteiger partial charge in [-0.05, 0) is 79.5 Å². The Hall–Kier alpha value is -2.32. The highest BCUT2D eigenvalue weighted by atomic mass is 16.4. The third-order valence-corrected chi connectivity index (χ3v) is 6.21. The zero-order valence-electron chi connectivity index (χ0n) is 20.4. The Morgan fingerprint density at radius 1 is 1.19 bits per heavy atom. The molecular formula is C24H39N5O3. The topological polar surface area (TPSA) is 99.1 Å². The molecule has 1 atom stereocenters. The fourth-order valence-electron chi connectivity index (χ4n) is 4.21. The van der Waals surface area contributed by atoms with E-state index in [4.69, 9.17) is 8.83 Å². The number of oxazole rings is 1. The van der Waals surface area contributed by atoms with E-state index in [2.05, 4.69) is 25.5 Å². The van der Waals surface area contributed by atoms with Crippen LogP contribution in [0.3, 0.4) is 0 Å². The van der Waals surface area contributed by atoms with Crippen LogP contribution >= 0.6 is 0 Å². The number of nitrogens with zero attached hydrogens (tertiary/aromatic N) is 3. The third-order valence-electron chi connectivity index (χ3n) is 6.21. The summed E-state index contributed by atoms with van der Waals surface area (Å²) in [6, 6.07) is 1.89. The molecule has 0 radical (unpaired) electrons. The second-order valence-electron chi connectivity index (χ2n) is 9.15. The van der Waals surface area contributed by atoms with Crippen LogP contribution < -0.4 is 10.6 Å². The molecule has 2 aromatic heterocycles. The second kappa shape index (κ2) is 10.5. The molecule has 2 aromatic rings. The number of furan rings is 1. The van der Waals surface area contributed by atoms with Gasteiger partial charge in [-0.3, -0.25) is 4.90 Å². The molecule has 0 amide bonds. The molecule has 8 heteroatoms. The van der Waals surface area contributed by atoms with Gasteiger partial charge in [0.2, 0.25) is 5.89 Å². The summed E-state index contributed by atoms with van der Waals surface area (Å²) in [6.07, 6.45) is 2.24. The molecule has 3 N–H and O–H groups in total. The fourth-order valence-corrected chi connectivity index (χ4v) is 4.21. The van der Waals surface area contributed by atoms with Crippen LogP contribution in [0.4, 0.5) is 0 Å². The Morgan fingerprint density at radius 3 is 2.47 bits per heavy atom. The van der Waals surface area contributed by atoms with Crippen molar-refractivity contribution < 1.29 is 13.9 Å². The zero-order chi connectivity index (χ0) is 23.3. The number of hydrogen-bond acceptors (Lipinski definition) is 6. The summed E-state index contributed by atoms with van der Waals surface area (Å²) in [5.74, 6) is 4.58. The average molecular weight is 446 g/mol. The van der Waals surface area contributed by atoms with Gasteiger partial charge >= 0.3 is 0 Å². The molecule has 0 saturated carbocycles. The Kier molecular flexibility index (Phi) is 8.00. The first kappa shape index (κ1) is 24.3. The van der Waals surface area contributed by atoms with Gasteiger partial charge in [0.15, 0.2) is 5.96 Å². The van der Waals surface area contributed by atoms with Crippen molar-refractivity contribution >= 4 is 5.96 Å². The quantitative estimate of drug-likeness (QED) is 0.424. The second-order valence-corrected chi connectivity index (χ2v) is 9.15. The van der Waals surface area contributed by atoms with Crippen molar-refractivity contribution in [3.63, 3.8) is 0 Å². The first-order valence-corrected chi connectivity index (χ1v) is 11.6. The molecule has 1 saturated heterocycles. The number of aryl methyl sites for hydroxylation is 4. The SMILES string of the molecule is CCNC(=NCC(C)(O)c1cc(C)oc1C)NCC1CCN(Cc2nc(C)c(C)o2)CC1. The maximum Gasteiger partial charge on any atom is 0.208 e. The molecule has 1 aliphatic heterocycles. The Morgan fingerprint density at radius 2 is 1.91 bits per heavy atom. The van der Waals surface area contributed by atoms with Gasteiger partial charge < -0.3 is 24.6 Å². The van der Waals surface area contributed by atoms with Crippen LogP contribution in [0.5, 0.6) is 0 Å². The largest absolute Gasteiger partial charge is 0.466 e. The lowest BCUT2D eigenvalue weighted by molar-refractivity contribution is 0.0656. The van der Waals surface area contributed by atoms with E-state index in [1.54, 1.807) is 6.92 Å². The van der Waals surface area contributed by atoms with Crippen molar-refractivity contribution in [1.82, 2.24) is 20.5 Å². The zero-order valence-corrected chi connectivity index (χ0v) is 20.4. The minimum atomic E-state index is -1.08. The average Bonchev–Trinajstić information content (AvgIpc) is 3.25. The summed E-state index contributed by atoms with van der Waals surface area (Å²) in [7, 11) is 0. The molecule has 0 aromatic carbocycles. The molecule has 1 unspecified atom stereocenters. The summed E-state index contributed by atoms with van der Waals surface area (Å²) in [4.78, 5) is 11.6. The molecule has 0 spiro atoms. The molecular weight excluding hydrogens is 406 g/mol. The summed E-state index contributed by atoms with van der Waals surface area (Å²) in [6.45, 7) is 16.3. The van der Waals surface area contributed by atoms with E-state index in [-0.39, 0.29) is 6.54 Å². The maximum atomic E-state index is 10.9. The summed E-state index contributed by atoms with van der Waals surface area (Å²) in [5.41, 5.74) is 0.691. The van der Waals surface area contributed by atoms with E-state index in [9.17, 15) is 5.11 Å². The van der Waals surface area contributed by atoms with Crippen LogP contribution in [0, 0.1) is 33.6 Å². The van der Waals surface area contributed by atoms with E-state index >= 15 is 0 Å². The van der Waals surface area contributed by atoms with E-state index in [1.165, 1.54) is 0 Å². The minimum absolute atomic E-state index is 0.259. The minimum Gasteiger partial charge on any atom is -0.466 e. The molecule has 32 heavy (non-hydrogen) atoms. The highest BCUT2D eigenvalue weighted by molar-refractivity contribution is 5.79. The van der Waals surface area contributed by atoms with Gasteiger partial charge in [0.25, 0.3) is 0 Å². The van der Waals surface area contributed by atoms with E-state index in [1.807, 2.05) is 40.7 Å². The lowest BCUT2D eigenvalue weighted by Crippen LogP contribution is -2.43. The molecule has 3 heterocycles. The van der Waals surface area contributed by atoms with Crippen molar-refractivity contribution in [1.29, 1.82) is 0 Å². The van der Waals surface area contributed by atoms with Gasteiger partial charge in [-0.1, -0.05) is 0 Å². The first-order valence-electron chi connectivity index (χ1n) is 11.6. The Bertz CT molecular complexity index is 887. The van der Waals surface area contributed by atoms with Crippen LogP contribution in [0.15, 0.2) is 19.9 Å². The number of guanidine groups is 1. The Labute approximate surface area is 191 Å². The molecule has 0 aliphatic carbocycles. The predicted octanol–water partition coefficient (Wildman–Crippen LogP) is 3.18. The lowest BCUT2D eigenvalue weighted by atomic mass is 9.96. The van der Waals surface area contributed by atoms with Gasteiger partial charge in [0.05, 0.1) is 18.8 Å². The monoisotopic (exact) mass is 445 g/mol. The smallest absolute Gasteiger partial charge is 0.208 e. The van der Waals surface area contributed by atoms with Crippen LogP contribution in [-0.2, 0) is 12.1 Å². The lowest BCUT2D eigenvalue weighted by Gasteiger charge is -2.31. The highest BCUT2D eigenvalue weighted by Gasteiger charge is 2.28. The van der Waals surface area contributed by atoms with Gasteiger partial charge in [0, 0.05) is 18.7 Å². The first-order chi connectivity index (χ1) is 15.2. The molecule has 8 nitrogen and oxygen atoms in total. The molecule has 1 aliphatic rings. The van der Waals surface area contributed by atoms with Crippen molar-refractivity contribution in [3.8, 4) is 0 Å². The molecule has 178 valence electrons. The van der Waals surface area contributed by atoms with E-state index < -0.39 is 5.60 Å². The van der Waals surface area contributed by atoms with Gasteiger partial charge in [-0.2, -0.15) is 0 Å². The number of aliphatic hydroxyl groups is 1. The number of aliphatic imine (C=N–C) groups is 1. The number of aromatic nitrogens is 1. The van der Waals surface area contributed by atoms with Crippen LogP contribution in [0.2, 0.25) is 0 Å². The number of likely N-dealkylation sites (tertiary alicyclic amines) is 1. The van der Waals surface area contributed by atoms with Crippen LogP contribution in [0.25, 0.3) is 0 Å². The van der Waals surface area contributed by atoms with Crippen molar-refractivity contribution in [2.24, 2.45) is 10.9 Å². The van der Waals surface area contributed by atoms with E-state index in [0.717, 1.165) is 86.0 Å². The van der Waals surface area contributed by atoms with Crippen LogP contribution in [-0.4, -0.2) is 53.7 Å². The van der Waals surface area contributed by atoms with Crippen molar-refractivity contribution in [3.05, 3.63) is 40.5 Å². The van der Waals surface area contributed by atoms with Crippen molar-refractivity contribution in [2.45, 2.75) is 66.5 Å². The van der Waals surface area contributed by atoms with Gasteiger partial charge in [-0.15, -0.1) is 0 Å². The fraction of sp³-hybridized carbons (Fsp3) is 0.667. The Balaban J connectivity index is 1.48.